The SMILES string of the molecule is COC1CC(C[C@@H](C)[C@@H]2CC[C@H](N)/C=C(\C)C(O)[C@@H](OC)C(=O)C(C)C[C@H](C)/C=C/C=C/C=C(\C)[C@@H](N3CCCS3(=O)=O)CC3CCC(C)C(O)(O3)C(=O)C(=O)N3CCCCC3C(=O)O2)CC[C@H]1O. The standard InChI is InChI=1S/C52H83N3O13S/c1-32-15-10-9-11-16-33(2)42(55-25-14-26-69(55,63)64)31-40-21-18-37(6)52(62,68-40)49(59)50(60)54-24-13-12-17-41(54)51(61)67-44(34(3)28-38-19-22-43(56)45(30-38)65-7)23-20-39(53)29-36(5)47(58)48(66-8)46(57)35(4)27-32/h9-11,15-16,29,32,34-35,37-45,47-48,56,58,62H,12-14,17-28,30-31,53H2,1-8H3/b11-9+,15-10+,33-16+,36-29+/t32-,34-,35?,37?,38?,39+,40?,41?,42+,43-,44+,45?,47?,48+,52?/m1/s1. The molecule has 5 rings (SSSR count). The molecule has 4 heterocycles. The number of nitrogens with zero attached hydrogens (tertiary/aromatic N) is 2. The van der Waals surface area contributed by atoms with Gasteiger partial charge in [-0.15, -0.1) is 0 Å². The van der Waals surface area contributed by atoms with Gasteiger partial charge in [-0.3, -0.25) is 14.4 Å². The van der Waals surface area contributed by atoms with Crippen LogP contribution in [-0.2, 0) is 48.1 Å². The van der Waals surface area contributed by atoms with E-state index >= 15 is 0 Å². The second-order valence-electron chi connectivity index (χ2n) is 20.9. The number of hydrogen-bond acceptors (Lipinski definition) is 14. The minimum absolute atomic E-state index is 0.00101. The molecule has 1 saturated carbocycles. The van der Waals surface area contributed by atoms with Crippen molar-refractivity contribution in [1.29, 1.82) is 0 Å². The molecule has 0 radical (unpaired) electrons. The Balaban J connectivity index is 1.48. The summed E-state index contributed by atoms with van der Waals surface area (Å²) in [5.41, 5.74) is 7.87. The molecule has 17 heteroatoms. The van der Waals surface area contributed by atoms with Crippen molar-refractivity contribution >= 4 is 33.5 Å². The first-order valence-electron chi connectivity index (χ1n) is 25.5. The van der Waals surface area contributed by atoms with Crippen LogP contribution >= 0.6 is 0 Å². The third-order valence-corrected chi connectivity index (χ3v) is 17.5. The van der Waals surface area contributed by atoms with Crippen LogP contribution in [0.1, 0.15) is 131 Å². The van der Waals surface area contributed by atoms with Crippen LogP contribution in [0.25, 0.3) is 0 Å². The zero-order valence-corrected chi connectivity index (χ0v) is 43.2. The molecular formula is C52H83N3O13S. The molecule has 0 aromatic carbocycles. The molecule has 8 unspecified atom stereocenters. The average molecular weight is 990 g/mol. The zero-order valence-electron chi connectivity index (χ0n) is 42.4. The Hall–Kier alpha value is -3.13. The summed E-state index contributed by atoms with van der Waals surface area (Å²) in [6.45, 7) is 11.4. The van der Waals surface area contributed by atoms with E-state index in [0.717, 1.165) is 12.0 Å². The highest BCUT2D eigenvalue weighted by Crippen LogP contribution is 2.39. The summed E-state index contributed by atoms with van der Waals surface area (Å²) in [5.74, 6) is -6.92. The number of methoxy groups -OCH3 is 2. The van der Waals surface area contributed by atoms with Gasteiger partial charge in [0.15, 0.2) is 5.78 Å². The Morgan fingerprint density at radius 2 is 1.59 bits per heavy atom. The van der Waals surface area contributed by atoms with E-state index in [4.69, 9.17) is 24.7 Å². The van der Waals surface area contributed by atoms with E-state index in [1.54, 1.807) is 27.0 Å². The van der Waals surface area contributed by atoms with Gasteiger partial charge in [-0.1, -0.05) is 69.7 Å². The highest BCUT2D eigenvalue weighted by molar-refractivity contribution is 7.89. The summed E-state index contributed by atoms with van der Waals surface area (Å²) < 4.78 is 52.0. The van der Waals surface area contributed by atoms with E-state index < -0.39 is 94.0 Å². The van der Waals surface area contributed by atoms with Gasteiger partial charge in [0.1, 0.15) is 24.4 Å². The maximum absolute atomic E-state index is 14.4. The highest BCUT2D eigenvalue weighted by atomic mass is 32.2. The molecule has 1 aliphatic carbocycles. The Morgan fingerprint density at radius 3 is 2.28 bits per heavy atom. The van der Waals surface area contributed by atoms with Gasteiger partial charge in [0.25, 0.3) is 11.7 Å². The van der Waals surface area contributed by atoms with Gasteiger partial charge >= 0.3 is 5.97 Å². The summed E-state index contributed by atoms with van der Waals surface area (Å²) in [5, 5.41) is 34.1. The van der Waals surface area contributed by atoms with Crippen LogP contribution in [0.4, 0.5) is 0 Å². The monoisotopic (exact) mass is 990 g/mol. The molecule has 5 N–H and O–H groups in total. The minimum atomic E-state index is -3.61. The van der Waals surface area contributed by atoms with Gasteiger partial charge in [-0.05, 0) is 127 Å². The smallest absolute Gasteiger partial charge is 0.329 e. The van der Waals surface area contributed by atoms with E-state index in [1.165, 1.54) is 16.3 Å². The van der Waals surface area contributed by atoms with Gasteiger partial charge < -0.3 is 44.9 Å². The quantitative estimate of drug-likeness (QED) is 0.155. The van der Waals surface area contributed by atoms with Gasteiger partial charge in [0.05, 0.1) is 24.1 Å². The van der Waals surface area contributed by atoms with E-state index in [1.807, 2.05) is 58.1 Å². The van der Waals surface area contributed by atoms with Crippen molar-refractivity contribution in [3.63, 3.8) is 0 Å². The number of esters is 1. The number of piperidine rings is 1. The number of nitrogens with two attached hydrogens (primary N) is 1. The van der Waals surface area contributed by atoms with Crippen LogP contribution < -0.4 is 5.73 Å². The summed E-state index contributed by atoms with van der Waals surface area (Å²) in [4.78, 5) is 58.2. The van der Waals surface area contributed by atoms with Crippen molar-refractivity contribution in [3.8, 4) is 0 Å². The summed E-state index contributed by atoms with van der Waals surface area (Å²) in [7, 11) is -0.628. The predicted octanol–water partition coefficient (Wildman–Crippen LogP) is 5.08. The number of ketones is 2. The fourth-order valence-corrected chi connectivity index (χ4v) is 13.0. The summed E-state index contributed by atoms with van der Waals surface area (Å²) in [6.07, 6.45) is 12.8. The number of Topliss-reactive ketones (excluding diaryl/α,β-unsaturated/α-hetero) is 2. The highest BCUT2D eigenvalue weighted by Gasteiger charge is 2.53. The number of sulfonamides is 1. The molecule has 4 aliphatic heterocycles. The predicted molar refractivity (Wildman–Crippen MR) is 262 cm³/mol. The molecule has 1 amide bonds. The lowest BCUT2D eigenvalue weighted by Crippen LogP contribution is -2.61. The Kier molecular flexibility index (Phi) is 21.0. The lowest BCUT2D eigenvalue weighted by molar-refractivity contribution is -0.264. The lowest BCUT2D eigenvalue weighted by Gasteiger charge is -2.43. The number of fused-ring (bicyclic) bond motifs is 3. The number of aliphatic hydroxyl groups is 3. The molecule has 5 aliphatic rings. The number of allylic oxidation sites excluding steroid dienone is 5. The lowest BCUT2D eigenvalue weighted by atomic mass is 9.78. The molecule has 15 atom stereocenters. The van der Waals surface area contributed by atoms with E-state index in [-0.39, 0.29) is 54.8 Å². The molecule has 2 bridgehead atoms. The van der Waals surface area contributed by atoms with E-state index in [2.05, 4.69) is 0 Å². The first-order valence-corrected chi connectivity index (χ1v) is 27.1. The van der Waals surface area contributed by atoms with Crippen LogP contribution in [0.2, 0.25) is 0 Å². The van der Waals surface area contributed by atoms with Crippen molar-refractivity contribution in [2.24, 2.45) is 35.3 Å². The van der Waals surface area contributed by atoms with Crippen molar-refractivity contribution in [2.75, 3.05) is 33.1 Å². The number of rotatable bonds is 6. The largest absolute Gasteiger partial charge is 0.461 e. The van der Waals surface area contributed by atoms with Crippen molar-refractivity contribution < 1.29 is 61.9 Å². The maximum Gasteiger partial charge on any atom is 0.329 e. The molecule has 69 heavy (non-hydrogen) atoms. The number of carbonyl (C=O) groups is 4. The van der Waals surface area contributed by atoms with Crippen molar-refractivity contribution in [3.05, 3.63) is 47.6 Å². The molecule has 0 aromatic heterocycles. The second kappa shape index (κ2) is 25.5. The first kappa shape index (κ1) is 56.8. The van der Waals surface area contributed by atoms with Crippen LogP contribution in [0, 0.1) is 29.6 Å². The molecule has 16 nitrogen and oxygen atoms in total. The number of ether oxygens (including phenoxy) is 4. The van der Waals surface area contributed by atoms with Gasteiger partial charge in [0, 0.05) is 51.2 Å². The number of amides is 1. The third-order valence-electron chi connectivity index (χ3n) is 15.5. The minimum Gasteiger partial charge on any atom is -0.461 e. The molecule has 4 fully saturated rings. The van der Waals surface area contributed by atoms with E-state index in [0.29, 0.717) is 82.7 Å². The summed E-state index contributed by atoms with van der Waals surface area (Å²) in [6, 6.07) is -2.36. The fourth-order valence-electron chi connectivity index (χ4n) is 11.2. The molecule has 3 saturated heterocycles. The Bertz CT molecular complexity index is 2010. The van der Waals surface area contributed by atoms with Crippen LogP contribution in [0.3, 0.4) is 0 Å². The third kappa shape index (κ3) is 14.5. The molecular weight excluding hydrogens is 907 g/mol. The van der Waals surface area contributed by atoms with Crippen LogP contribution in [0.15, 0.2) is 47.6 Å². The normalized spacial score (nSPS) is 40.9. The van der Waals surface area contributed by atoms with Crippen molar-refractivity contribution in [1.82, 2.24) is 9.21 Å². The topological polar surface area (TPSA) is 233 Å². The van der Waals surface area contributed by atoms with E-state index in [9.17, 15) is 42.9 Å². The maximum atomic E-state index is 14.4. The fraction of sp³-hybridized carbons (Fsp3) is 0.769. The zero-order chi connectivity index (χ0) is 50.8. The second-order valence-corrected chi connectivity index (χ2v) is 23.0. The number of hydrogen-bond donors (Lipinski definition) is 4. The first-order chi connectivity index (χ1) is 32.6. The van der Waals surface area contributed by atoms with Gasteiger partial charge in [0.2, 0.25) is 15.8 Å². The van der Waals surface area contributed by atoms with Crippen LogP contribution in [0.5, 0.6) is 0 Å². The van der Waals surface area contributed by atoms with Gasteiger partial charge in [-0.2, -0.15) is 4.31 Å². The van der Waals surface area contributed by atoms with Gasteiger partial charge in [-0.25, -0.2) is 13.2 Å². The number of aliphatic hydroxyl groups excluding tert-OH is 2. The Labute approximate surface area is 411 Å². The number of cyclic esters (lactones) is 1. The summed E-state index contributed by atoms with van der Waals surface area (Å²) >= 11 is 0. The molecule has 0 aromatic rings. The Morgan fingerprint density at radius 1 is 0.855 bits per heavy atom. The number of carbonyl (C=O) groups excluding carboxylic acids is 4. The van der Waals surface area contributed by atoms with Crippen molar-refractivity contribution in [2.45, 2.75) is 192 Å². The van der Waals surface area contributed by atoms with Crippen LogP contribution in [-0.4, -0.2) is 150 Å². The molecule has 390 valence electrons. The molecule has 0 spiro atoms. The average Bonchev–Trinajstić information content (AvgIpc) is 3.67.